The van der Waals surface area contributed by atoms with Crippen molar-refractivity contribution < 1.29 is 48.4 Å². The van der Waals surface area contributed by atoms with Crippen LogP contribution in [-0.2, 0) is 4.57 Å². The van der Waals surface area contributed by atoms with Crippen LogP contribution < -0.4 is 43.9 Å². The van der Waals surface area contributed by atoms with Gasteiger partial charge in [-0.1, -0.05) is 12.1 Å². The van der Waals surface area contributed by atoms with Crippen molar-refractivity contribution in [2.24, 2.45) is 0 Å². The average molecular weight is 234 g/mol. The molecule has 0 amide bonds. The number of rotatable bonds is 2. The first-order valence-electron chi connectivity index (χ1n) is 3.84. The minimum atomic E-state index is -4.98. The predicted molar refractivity (Wildman–Crippen MR) is 46.5 cm³/mol. The number of nitrogens with one attached hydrogen (secondary N) is 1. The Labute approximate surface area is 108 Å². The van der Waals surface area contributed by atoms with Gasteiger partial charge in [0.2, 0.25) is 0 Å². The van der Waals surface area contributed by atoms with E-state index in [1.165, 1.54) is 6.20 Å². The van der Waals surface area contributed by atoms with Crippen LogP contribution in [0.4, 0.5) is 0 Å². The van der Waals surface area contributed by atoms with Crippen molar-refractivity contribution in [3.05, 3.63) is 30.5 Å². The Morgan fingerprint density at radius 3 is 2.60 bits per heavy atom. The van der Waals surface area contributed by atoms with E-state index in [1.54, 1.807) is 24.3 Å². The van der Waals surface area contributed by atoms with Crippen LogP contribution in [0.15, 0.2) is 30.5 Å². The molecule has 2 aromatic rings. The second-order valence-electron chi connectivity index (χ2n) is 2.74. The van der Waals surface area contributed by atoms with E-state index in [2.05, 4.69) is 9.51 Å². The molecular weight excluding hydrogens is 228 g/mol. The molecule has 0 aliphatic heterocycles. The molecule has 7 heteroatoms. The molecule has 1 aromatic carbocycles. The van der Waals surface area contributed by atoms with Gasteiger partial charge >= 0.3 is 29.6 Å². The van der Waals surface area contributed by atoms with Gasteiger partial charge in [0.25, 0.3) is 0 Å². The molecule has 0 atom stereocenters. The third kappa shape index (κ3) is 3.08. The Morgan fingerprint density at radius 2 is 1.93 bits per heavy atom. The maximum absolute atomic E-state index is 10.4. The summed E-state index contributed by atoms with van der Waals surface area (Å²) in [5.74, 6) is 0.0360. The molecule has 1 heterocycles. The summed E-state index contributed by atoms with van der Waals surface area (Å²) in [5, 5.41) is 0.569. The second-order valence-corrected chi connectivity index (χ2v) is 3.81. The molecule has 1 aromatic heterocycles. The molecule has 0 fully saturated rings. The second kappa shape index (κ2) is 4.70. The number of H-pyrrole nitrogens is 1. The molecular formula is C8H6NNaO4P-. The Kier molecular flexibility index (Phi) is 4.00. The maximum Gasteiger partial charge on any atom is 1.00 e. The van der Waals surface area contributed by atoms with E-state index in [1.807, 2.05) is 0 Å². The predicted octanol–water partition coefficient (Wildman–Crippen LogP) is -2.62. The monoisotopic (exact) mass is 234 g/mol. The van der Waals surface area contributed by atoms with Crippen molar-refractivity contribution >= 4 is 18.7 Å². The van der Waals surface area contributed by atoms with E-state index in [0.29, 0.717) is 5.39 Å². The molecule has 0 radical (unpaired) electrons. The van der Waals surface area contributed by atoms with Crippen LogP contribution in [-0.4, -0.2) is 4.98 Å². The van der Waals surface area contributed by atoms with E-state index < -0.39 is 7.82 Å². The molecule has 74 valence electrons. The third-order valence-electron chi connectivity index (χ3n) is 1.76. The van der Waals surface area contributed by atoms with E-state index >= 15 is 0 Å². The number of aromatic nitrogens is 1. The Bertz CT molecular complexity index is 506. The maximum atomic E-state index is 10.4. The Balaban J connectivity index is 0.00000112. The van der Waals surface area contributed by atoms with Crippen molar-refractivity contribution in [2.45, 2.75) is 0 Å². The van der Waals surface area contributed by atoms with E-state index in [0.717, 1.165) is 5.52 Å². The molecule has 1 N–H and O–H groups in total. The number of phosphoric acid groups is 1. The van der Waals surface area contributed by atoms with Gasteiger partial charge < -0.3 is 23.9 Å². The van der Waals surface area contributed by atoms with Gasteiger partial charge in [-0.2, -0.15) is 0 Å². The third-order valence-corrected chi connectivity index (χ3v) is 2.18. The van der Waals surface area contributed by atoms with E-state index in [-0.39, 0.29) is 35.3 Å². The minimum absolute atomic E-state index is 0. The molecule has 0 aliphatic rings. The van der Waals surface area contributed by atoms with Crippen molar-refractivity contribution in [2.75, 3.05) is 0 Å². The number of hydrogen-bond acceptors (Lipinski definition) is 4. The topological polar surface area (TPSA) is 88.2 Å². The molecule has 0 bridgehead atoms. The smallest absolute Gasteiger partial charge is 0.780 e. The van der Waals surface area contributed by atoms with Crippen molar-refractivity contribution in [1.29, 1.82) is 0 Å². The van der Waals surface area contributed by atoms with Gasteiger partial charge in [-0.25, -0.2) is 0 Å². The summed E-state index contributed by atoms with van der Waals surface area (Å²) in [6, 6.07) is 6.93. The number of benzene rings is 1. The van der Waals surface area contributed by atoms with Gasteiger partial charge in [0.05, 0.1) is 0 Å². The van der Waals surface area contributed by atoms with Crippen LogP contribution in [0, 0.1) is 0 Å². The SMILES string of the molecule is O=P([O-])([O-])Oc1c[nH]c2ccccc12.[Na+]. The zero-order valence-electron chi connectivity index (χ0n) is 7.97. The summed E-state index contributed by atoms with van der Waals surface area (Å²) < 4.78 is 14.6. The minimum Gasteiger partial charge on any atom is -0.780 e. The molecule has 2 rings (SSSR count). The van der Waals surface area contributed by atoms with Crippen LogP contribution in [0.1, 0.15) is 0 Å². The first kappa shape index (κ1) is 12.8. The quantitative estimate of drug-likeness (QED) is 0.455. The summed E-state index contributed by atoms with van der Waals surface area (Å²) in [4.78, 5) is 23.5. The normalized spacial score (nSPS) is 11.1. The average Bonchev–Trinajstić information content (AvgIpc) is 2.47. The summed E-state index contributed by atoms with van der Waals surface area (Å²) in [7, 11) is -4.98. The summed E-state index contributed by atoms with van der Waals surface area (Å²) in [5.41, 5.74) is 0.718. The number of fused-ring (bicyclic) bond motifs is 1. The summed E-state index contributed by atoms with van der Waals surface area (Å²) in [6.45, 7) is 0. The standard InChI is InChI=1S/C8H8NO4P.Na/c10-14(11,12)13-8-5-9-7-4-2-1-3-6(7)8;/h1-5,9H,(H2,10,11,12);/q;+1/p-2. The Hall–Kier alpha value is -0.290. The van der Waals surface area contributed by atoms with Crippen molar-refractivity contribution in [3.63, 3.8) is 0 Å². The summed E-state index contributed by atoms with van der Waals surface area (Å²) >= 11 is 0. The zero-order valence-corrected chi connectivity index (χ0v) is 10.9. The van der Waals surface area contributed by atoms with Crippen molar-refractivity contribution in [3.8, 4) is 5.75 Å². The van der Waals surface area contributed by atoms with Gasteiger partial charge in [-0.15, -0.1) is 0 Å². The largest absolute Gasteiger partial charge is 1.00 e. The Morgan fingerprint density at radius 1 is 1.27 bits per heavy atom. The van der Waals surface area contributed by atoms with Gasteiger partial charge in [0, 0.05) is 17.1 Å². The molecule has 0 saturated carbocycles. The van der Waals surface area contributed by atoms with Gasteiger partial charge in [-0.3, -0.25) is 0 Å². The van der Waals surface area contributed by atoms with Crippen LogP contribution in [0.5, 0.6) is 5.75 Å². The van der Waals surface area contributed by atoms with Crippen LogP contribution in [0.2, 0.25) is 0 Å². The van der Waals surface area contributed by atoms with E-state index in [4.69, 9.17) is 0 Å². The fourth-order valence-electron chi connectivity index (χ4n) is 1.24. The van der Waals surface area contributed by atoms with E-state index in [9.17, 15) is 14.4 Å². The van der Waals surface area contributed by atoms with Gasteiger partial charge in [0.15, 0.2) is 0 Å². The van der Waals surface area contributed by atoms with Crippen LogP contribution in [0.3, 0.4) is 0 Å². The van der Waals surface area contributed by atoms with Crippen LogP contribution in [0.25, 0.3) is 10.9 Å². The first-order chi connectivity index (χ1) is 6.56. The molecule has 0 unspecified atom stereocenters. The fourth-order valence-corrected chi connectivity index (χ4v) is 1.63. The molecule has 15 heavy (non-hydrogen) atoms. The van der Waals surface area contributed by atoms with Gasteiger partial charge in [-0.05, 0) is 12.1 Å². The molecule has 0 saturated heterocycles. The number of hydrogen-bond donors (Lipinski definition) is 1. The molecule has 5 nitrogen and oxygen atoms in total. The number of phosphoric ester groups is 1. The molecule has 0 aliphatic carbocycles. The number of aromatic amines is 1. The van der Waals surface area contributed by atoms with Crippen LogP contribution >= 0.6 is 7.82 Å². The fraction of sp³-hybridized carbons (Fsp3) is 0. The summed E-state index contributed by atoms with van der Waals surface area (Å²) in [6.07, 6.45) is 1.34. The molecule has 0 spiro atoms. The van der Waals surface area contributed by atoms with Gasteiger partial charge in [0.1, 0.15) is 13.6 Å². The first-order valence-corrected chi connectivity index (χ1v) is 5.30. The zero-order chi connectivity index (χ0) is 10.2. The van der Waals surface area contributed by atoms with Crippen molar-refractivity contribution in [1.82, 2.24) is 4.98 Å². The number of para-hydroxylation sites is 1.